The molecule has 0 atom stereocenters. The maximum absolute atomic E-state index is 12.2. The molecule has 2 aliphatic heterocycles. The van der Waals surface area contributed by atoms with Gasteiger partial charge in [0.25, 0.3) is 5.69 Å². The molecule has 1 N–H and O–H groups in total. The maximum atomic E-state index is 12.2. The van der Waals surface area contributed by atoms with E-state index in [-0.39, 0.29) is 24.8 Å². The Morgan fingerprint density at radius 2 is 1.97 bits per heavy atom. The number of amides is 1. The first-order valence-electron chi connectivity index (χ1n) is 9.42. The molecule has 10 nitrogen and oxygen atoms in total. The van der Waals surface area contributed by atoms with Crippen LogP contribution in [0.15, 0.2) is 41.5 Å². The van der Waals surface area contributed by atoms with Crippen LogP contribution in [0.3, 0.4) is 0 Å². The van der Waals surface area contributed by atoms with Crippen LogP contribution in [0.1, 0.15) is 11.1 Å². The van der Waals surface area contributed by atoms with Crippen LogP contribution in [0.25, 0.3) is 0 Å². The molecule has 0 aromatic heterocycles. The molecule has 0 aliphatic carbocycles. The number of carbonyl (C=O) groups excluding carboxylic acids is 1. The van der Waals surface area contributed by atoms with Gasteiger partial charge < -0.3 is 19.1 Å². The summed E-state index contributed by atoms with van der Waals surface area (Å²) >= 11 is 0. The number of carbonyl (C=O) groups is 1. The number of anilines is 1. The van der Waals surface area contributed by atoms with E-state index < -0.39 is 4.92 Å². The molecule has 0 radical (unpaired) electrons. The summed E-state index contributed by atoms with van der Waals surface area (Å²) in [6, 6.07) is 9.89. The van der Waals surface area contributed by atoms with Crippen LogP contribution in [-0.2, 0) is 16.0 Å². The van der Waals surface area contributed by atoms with E-state index in [9.17, 15) is 14.9 Å². The zero-order valence-electron chi connectivity index (χ0n) is 16.1. The Morgan fingerprint density at radius 3 is 2.77 bits per heavy atom. The van der Waals surface area contributed by atoms with Gasteiger partial charge in [-0.25, -0.2) is 5.43 Å². The number of fused-ring (bicyclic) bond motifs is 1. The fourth-order valence-electron chi connectivity index (χ4n) is 3.30. The van der Waals surface area contributed by atoms with E-state index in [2.05, 4.69) is 15.4 Å². The molecule has 0 saturated carbocycles. The van der Waals surface area contributed by atoms with Crippen molar-refractivity contribution >= 4 is 23.5 Å². The Labute approximate surface area is 172 Å². The van der Waals surface area contributed by atoms with Crippen LogP contribution in [0, 0.1) is 10.1 Å². The molecule has 0 unspecified atom stereocenters. The Bertz CT molecular complexity index is 987. The van der Waals surface area contributed by atoms with Gasteiger partial charge in [0.05, 0.1) is 30.8 Å². The summed E-state index contributed by atoms with van der Waals surface area (Å²) < 4.78 is 15.9. The van der Waals surface area contributed by atoms with E-state index in [1.807, 2.05) is 0 Å². The summed E-state index contributed by atoms with van der Waals surface area (Å²) in [4.78, 5) is 25.0. The SMILES string of the molecule is O=C(Cc1ccc2c(c1)OCO2)N/N=C\c1cc([N+](=O)[O-])ccc1N1CCOCC1. The van der Waals surface area contributed by atoms with Gasteiger partial charge in [0.1, 0.15) is 0 Å². The van der Waals surface area contributed by atoms with Gasteiger partial charge in [-0.2, -0.15) is 5.10 Å². The summed E-state index contributed by atoms with van der Waals surface area (Å²) in [6.07, 6.45) is 1.54. The van der Waals surface area contributed by atoms with Crippen LogP contribution in [-0.4, -0.2) is 50.1 Å². The molecule has 30 heavy (non-hydrogen) atoms. The second kappa shape index (κ2) is 8.78. The molecule has 2 heterocycles. The number of rotatable bonds is 6. The molecule has 4 rings (SSSR count). The number of benzene rings is 2. The minimum Gasteiger partial charge on any atom is -0.454 e. The fourth-order valence-corrected chi connectivity index (χ4v) is 3.30. The molecule has 2 aromatic rings. The van der Waals surface area contributed by atoms with Gasteiger partial charge in [-0.05, 0) is 23.8 Å². The van der Waals surface area contributed by atoms with Gasteiger partial charge >= 0.3 is 0 Å². The molecule has 0 spiro atoms. The van der Waals surface area contributed by atoms with Crippen molar-refractivity contribution in [1.29, 1.82) is 0 Å². The number of hydrogen-bond donors (Lipinski definition) is 1. The third kappa shape index (κ3) is 4.49. The summed E-state index contributed by atoms with van der Waals surface area (Å²) in [6.45, 7) is 2.69. The molecule has 0 bridgehead atoms. The Morgan fingerprint density at radius 1 is 1.17 bits per heavy atom. The molecular formula is C20H20N4O6. The number of non-ortho nitro benzene ring substituents is 1. The number of nitro groups is 1. The van der Waals surface area contributed by atoms with Gasteiger partial charge in [0.15, 0.2) is 11.5 Å². The van der Waals surface area contributed by atoms with E-state index in [4.69, 9.17) is 14.2 Å². The van der Waals surface area contributed by atoms with Crippen molar-refractivity contribution in [2.45, 2.75) is 6.42 Å². The van der Waals surface area contributed by atoms with Crippen molar-refractivity contribution in [2.75, 3.05) is 38.0 Å². The summed E-state index contributed by atoms with van der Waals surface area (Å²) in [7, 11) is 0. The lowest BCUT2D eigenvalue weighted by atomic mass is 10.1. The first-order chi connectivity index (χ1) is 14.6. The Hall–Kier alpha value is -3.66. The zero-order valence-corrected chi connectivity index (χ0v) is 16.1. The predicted octanol–water partition coefficient (Wildman–Crippen LogP) is 1.85. The molecule has 2 aromatic carbocycles. The second-order valence-electron chi connectivity index (χ2n) is 6.76. The summed E-state index contributed by atoms with van der Waals surface area (Å²) in [5.41, 5.74) is 4.54. The number of ether oxygens (including phenoxy) is 3. The summed E-state index contributed by atoms with van der Waals surface area (Å²) in [5.74, 6) is 0.942. The average molecular weight is 412 g/mol. The first-order valence-corrected chi connectivity index (χ1v) is 9.42. The third-order valence-corrected chi connectivity index (χ3v) is 4.77. The number of nitro benzene ring substituents is 1. The normalized spacial score (nSPS) is 15.4. The molecule has 156 valence electrons. The van der Waals surface area contributed by atoms with Crippen LogP contribution in [0.4, 0.5) is 11.4 Å². The van der Waals surface area contributed by atoms with E-state index >= 15 is 0 Å². The number of hydrogen-bond acceptors (Lipinski definition) is 8. The number of nitrogens with one attached hydrogen (secondary N) is 1. The summed E-state index contributed by atoms with van der Waals surface area (Å²) in [5, 5.41) is 15.2. The Kier molecular flexibility index (Phi) is 5.75. The van der Waals surface area contributed by atoms with Crippen molar-refractivity contribution in [2.24, 2.45) is 5.10 Å². The Balaban J connectivity index is 1.44. The predicted molar refractivity (Wildman–Crippen MR) is 108 cm³/mol. The van der Waals surface area contributed by atoms with E-state index in [1.54, 1.807) is 24.3 Å². The lowest BCUT2D eigenvalue weighted by Crippen LogP contribution is -2.36. The lowest BCUT2D eigenvalue weighted by molar-refractivity contribution is -0.384. The number of nitrogens with zero attached hydrogens (tertiary/aromatic N) is 3. The smallest absolute Gasteiger partial charge is 0.270 e. The van der Waals surface area contributed by atoms with Crippen molar-refractivity contribution < 1.29 is 23.9 Å². The maximum Gasteiger partial charge on any atom is 0.270 e. The van der Waals surface area contributed by atoms with Gasteiger partial charge in [-0.1, -0.05) is 6.07 Å². The molecule has 1 saturated heterocycles. The third-order valence-electron chi connectivity index (χ3n) is 4.77. The second-order valence-corrected chi connectivity index (χ2v) is 6.76. The van der Waals surface area contributed by atoms with Gasteiger partial charge in [0.2, 0.25) is 12.7 Å². The number of hydrazone groups is 1. The van der Waals surface area contributed by atoms with E-state index in [0.717, 1.165) is 11.3 Å². The average Bonchev–Trinajstić information content (AvgIpc) is 3.22. The molecule has 2 aliphatic rings. The van der Waals surface area contributed by atoms with Gasteiger partial charge in [-0.15, -0.1) is 0 Å². The molecule has 1 amide bonds. The van der Waals surface area contributed by atoms with Crippen LogP contribution < -0.4 is 19.8 Å². The molecule has 10 heteroatoms. The minimum absolute atomic E-state index is 0.0415. The van der Waals surface area contributed by atoms with Crippen LogP contribution in [0.2, 0.25) is 0 Å². The van der Waals surface area contributed by atoms with Crippen molar-refractivity contribution in [1.82, 2.24) is 5.43 Å². The highest BCUT2D eigenvalue weighted by Gasteiger charge is 2.18. The lowest BCUT2D eigenvalue weighted by Gasteiger charge is -2.29. The minimum atomic E-state index is -0.460. The monoisotopic (exact) mass is 412 g/mol. The first kappa shape index (κ1) is 19.6. The van der Waals surface area contributed by atoms with Crippen LogP contribution >= 0.6 is 0 Å². The highest BCUT2D eigenvalue weighted by Crippen LogP contribution is 2.32. The standard InChI is InChI=1S/C20H20N4O6/c25-20(10-14-1-4-18-19(9-14)30-13-29-18)22-21-12-15-11-16(24(26)27)2-3-17(15)23-5-7-28-8-6-23/h1-4,9,11-12H,5-8,10,13H2,(H,22,25)/b21-12-. The topological polar surface area (TPSA) is 116 Å². The molecular weight excluding hydrogens is 392 g/mol. The highest BCUT2D eigenvalue weighted by atomic mass is 16.7. The van der Waals surface area contributed by atoms with E-state index in [1.165, 1.54) is 18.3 Å². The zero-order chi connectivity index (χ0) is 20.9. The van der Waals surface area contributed by atoms with Crippen LogP contribution in [0.5, 0.6) is 11.5 Å². The van der Waals surface area contributed by atoms with Crippen molar-refractivity contribution in [3.05, 3.63) is 57.6 Å². The largest absolute Gasteiger partial charge is 0.454 e. The quantitative estimate of drug-likeness (QED) is 0.437. The fraction of sp³-hybridized carbons (Fsp3) is 0.300. The van der Waals surface area contributed by atoms with Crippen molar-refractivity contribution in [3.8, 4) is 11.5 Å². The highest BCUT2D eigenvalue weighted by molar-refractivity contribution is 5.90. The van der Waals surface area contributed by atoms with Crippen molar-refractivity contribution in [3.63, 3.8) is 0 Å². The van der Waals surface area contributed by atoms with Gasteiger partial charge in [0, 0.05) is 36.5 Å². The van der Waals surface area contributed by atoms with E-state index in [0.29, 0.717) is 43.4 Å². The number of morpholine rings is 1. The molecule has 1 fully saturated rings. The van der Waals surface area contributed by atoms with Gasteiger partial charge in [-0.3, -0.25) is 14.9 Å².